The summed E-state index contributed by atoms with van der Waals surface area (Å²) in [7, 11) is 1.47. The molecule has 2 N–H and O–H groups in total. The average Bonchev–Trinajstić information content (AvgIpc) is 2.37. The van der Waals surface area contributed by atoms with Crippen LogP contribution in [0.1, 0.15) is 18.5 Å². The lowest BCUT2D eigenvalue weighted by atomic mass is 10.1. The smallest absolute Gasteiger partial charge is 0.317 e. The van der Waals surface area contributed by atoms with E-state index in [1.54, 1.807) is 23.1 Å². The van der Waals surface area contributed by atoms with Gasteiger partial charge in [-0.15, -0.1) is 6.58 Å². The summed E-state index contributed by atoms with van der Waals surface area (Å²) in [5.74, 6) is -0.454. The predicted molar refractivity (Wildman–Crippen MR) is 72.5 cm³/mol. The number of nitrogens with zero attached hydrogens (tertiary/aromatic N) is 1. The predicted octanol–water partition coefficient (Wildman–Crippen LogP) is 2.03. The van der Waals surface area contributed by atoms with Crippen LogP contribution in [0.4, 0.5) is 0 Å². The van der Waals surface area contributed by atoms with Crippen molar-refractivity contribution in [3.63, 3.8) is 0 Å². The summed E-state index contributed by atoms with van der Waals surface area (Å²) in [6.45, 7) is 5.93. The number of carboxylic acid groups (broad SMARTS) is 1. The maximum absolute atomic E-state index is 10.9. The first-order chi connectivity index (χ1) is 8.99. The van der Waals surface area contributed by atoms with Crippen LogP contribution in [0.25, 0.3) is 0 Å². The minimum Gasteiger partial charge on any atom is -0.504 e. The van der Waals surface area contributed by atoms with Crippen LogP contribution in [0.5, 0.6) is 11.5 Å². The summed E-state index contributed by atoms with van der Waals surface area (Å²) >= 11 is 0. The van der Waals surface area contributed by atoms with Gasteiger partial charge in [0.1, 0.15) is 0 Å². The molecule has 0 saturated carbocycles. The number of ether oxygens (including phenoxy) is 1. The van der Waals surface area contributed by atoms with Crippen LogP contribution in [0.2, 0.25) is 0 Å². The largest absolute Gasteiger partial charge is 0.504 e. The Morgan fingerprint density at radius 3 is 2.79 bits per heavy atom. The first kappa shape index (κ1) is 15.0. The third-order valence-electron chi connectivity index (χ3n) is 2.94. The van der Waals surface area contributed by atoms with Gasteiger partial charge >= 0.3 is 5.97 Å². The summed E-state index contributed by atoms with van der Waals surface area (Å²) < 4.78 is 5.05. The number of hydrogen-bond donors (Lipinski definition) is 2. The second-order valence-corrected chi connectivity index (χ2v) is 4.22. The van der Waals surface area contributed by atoms with Crippen LogP contribution in [-0.2, 0) is 4.79 Å². The molecule has 1 rings (SSSR count). The zero-order valence-electron chi connectivity index (χ0n) is 11.2. The van der Waals surface area contributed by atoms with Gasteiger partial charge < -0.3 is 14.9 Å². The highest BCUT2D eigenvalue weighted by molar-refractivity contribution is 5.69. The molecule has 0 heterocycles. The molecule has 5 nitrogen and oxygen atoms in total. The van der Waals surface area contributed by atoms with Gasteiger partial charge in [0.2, 0.25) is 0 Å². The van der Waals surface area contributed by atoms with Crippen molar-refractivity contribution >= 4 is 5.97 Å². The second kappa shape index (κ2) is 6.80. The van der Waals surface area contributed by atoms with E-state index in [0.29, 0.717) is 12.3 Å². The molecule has 0 aliphatic heterocycles. The van der Waals surface area contributed by atoms with Gasteiger partial charge in [0, 0.05) is 12.6 Å². The number of carboxylic acids is 1. The Balaban J connectivity index is 2.97. The molecule has 0 aliphatic carbocycles. The Hall–Kier alpha value is -2.01. The Kier molecular flexibility index (Phi) is 5.38. The fourth-order valence-electron chi connectivity index (χ4n) is 1.86. The number of rotatable bonds is 7. The zero-order valence-corrected chi connectivity index (χ0v) is 11.2. The molecule has 5 heteroatoms. The molecule has 0 aliphatic rings. The minimum absolute atomic E-state index is 0.0620. The molecule has 0 spiro atoms. The van der Waals surface area contributed by atoms with E-state index in [2.05, 4.69) is 6.58 Å². The molecule has 0 saturated heterocycles. The highest BCUT2D eigenvalue weighted by atomic mass is 16.5. The summed E-state index contributed by atoms with van der Waals surface area (Å²) in [5, 5.41) is 18.5. The van der Waals surface area contributed by atoms with Crippen LogP contribution in [0, 0.1) is 0 Å². The maximum Gasteiger partial charge on any atom is 0.317 e. The molecule has 19 heavy (non-hydrogen) atoms. The average molecular weight is 265 g/mol. The maximum atomic E-state index is 10.9. The Morgan fingerprint density at radius 1 is 1.58 bits per heavy atom. The van der Waals surface area contributed by atoms with Crippen molar-refractivity contribution in [1.82, 2.24) is 4.90 Å². The van der Waals surface area contributed by atoms with Crippen molar-refractivity contribution in [2.24, 2.45) is 0 Å². The molecule has 104 valence electrons. The van der Waals surface area contributed by atoms with Gasteiger partial charge in [-0.2, -0.15) is 0 Å². The number of phenolic OH excluding ortho intramolecular Hbond substituents is 1. The molecule has 1 aromatic carbocycles. The Morgan fingerprint density at radius 2 is 2.26 bits per heavy atom. The van der Waals surface area contributed by atoms with E-state index in [1.807, 2.05) is 6.92 Å². The van der Waals surface area contributed by atoms with Gasteiger partial charge in [0.15, 0.2) is 11.5 Å². The first-order valence-corrected chi connectivity index (χ1v) is 5.93. The molecule has 1 unspecified atom stereocenters. The van der Waals surface area contributed by atoms with Crippen LogP contribution < -0.4 is 4.74 Å². The summed E-state index contributed by atoms with van der Waals surface area (Å²) in [6.07, 6.45) is 1.66. The van der Waals surface area contributed by atoms with Crippen LogP contribution in [-0.4, -0.2) is 41.3 Å². The van der Waals surface area contributed by atoms with E-state index in [4.69, 9.17) is 9.84 Å². The van der Waals surface area contributed by atoms with Gasteiger partial charge in [-0.25, -0.2) is 0 Å². The van der Waals surface area contributed by atoms with E-state index in [1.165, 1.54) is 13.2 Å². The van der Waals surface area contributed by atoms with E-state index < -0.39 is 5.97 Å². The van der Waals surface area contributed by atoms with E-state index in [-0.39, 0.29) is 18.3 Å². The second-order valence-electron chi connectivity index (χ2n) is 4.22. The molecular weight excluding hydrogens is 246 g/mol. The number of aromatic hydroxyl groups is 1. The van der Waals surface area contributed by atoms with E-state index >= 15 is 0 Å². The summed E-state index contributed by atoms with van der Waals surface area (Å²) in [6, 6.07) is 4.87. The van der Waals surface area contributed by atoms with E-state index in [9.17, 15) is 9.90 Å². The molecule has 0 amide bonds. The zero-order chi connectivity index (χ0) is 14.4. The van der Waals surface area contributed by atoms with Crippen molar-refractivity contribution in [1.29, 1.82) is 0 Å². The quantitative estimate of drug-likeness (QED) is 0.738. The van der Waals surface area contributed by atoms with Crippen molar-refractivity contribution in [3.8, 4) is 11.5 Å². The number of benzene rings is 1. The Bertz CT molecular complexity index is 459. The molecule has 0 radical (unpaired) electrons. The lowest BCUT2D eigenvalue weighted by molar-refractivity contribution is -0.138. The number of phenols is 1. The van der Waals surface area contributed by atoms with Crippen molar-refractivity contribution < 1.29 is 19.7 Å². The fourth-order valence-corrected chi connectivity index (χ4v) is 1.86. The van der Waals surface area contributed by atoms with Crippen LogP contribution >= 0.6 is 0 Å². The number of methoxy groups -OCH3 is 1. The standard InChI is InChI=1S/C14H19NO4/c1-4-7-15(9-14(17)18)10(2)11-5-6-12(16)13(8-11)19-3/h4-6,8,10,16H,1,7,9H2,2-3H3,(H,17,18). The van der Waals surface area contributed by atoms with Gasteiger partial charge in [-0.1, -0.05) is 12.1 Å². The van der Waals surface area contributed by atoms with Crippen molar-refractivity contribution in [2.75, 3.05) is 20.2 Å². The van der Waals surface area contributed by atoms with Crippen molar-refractivity contribution in [3.05, 3.63) is 36.4 Å². The lowest BCUT2D eigenvalue weighted by Crippen LogP contribution is -2.32. The number of carbonyl (C=O) groups is 1. The van der Waals surface area contributed by atoms with Crippen LogP contribution in [0.3, 0.4) is 0 Å². The topological polar surface area (TPSA) is 70.0 Å². The highest BCUT2D eigenvalue weighted by Crippen LogP contribution is 2.30. The minimum atomic E-state index is -0.889. The van der Waals surface area contributed by atoms with E-state index in [0.717, 1.165) is 5.56 Å². The molecule has 1 atom stereocenters. The molecule has 0 bridgehead atoms. The lowest BCUT2D eigenvalue weighted by Gasteiger charge is -2.26. The molecule has 0 aromatic heterocycles. The molecule has 0 fully saturated rings. The monoisotopic (exact) mass is 265 g/mol. The fraction of sp³-hybridized carbons (Fsp3) is 0.357. The summed E-state index contributed by atoms with van der Waals surface area (Å²) in [5.41, 5.74) is 0.873. The van der Waals surface area contributed by atoms with Crippen LogP contribution in [0.15, 0.2) is 30.9 Å². The summed E-state index contributed by atoms with van der Waals surface area (Å²) in [4.78, 5) is 12.6. The number of hydrogen-bond acceptors (Lipinski definition) is 4. The van der Waals surface area contributed by atoms with Gasteiger partial charge in [-0.05, 0) is 24.6 Å². The normalized spacial score (nSPS) is 12.2. The van der Waals surface area contributed by atoms with Crippen molar-refractivity contribution in [2.45, 2.75) is 13.0 Å². The third kappa shape index (κ3) is 3.99. The SMILES string of the molecule is C=CCN(CC(=O)O)C(C)c1ccc(O)c(OC)c1. The highest BCUT2D eigenvalue weighted by Gasteiger charge is 2.18. The van der Waals surface area contributed by atoms with Gasteiger partial charge in [0.05, 0.1) is 13.7 Å². The number of aliphatic carboxylic acids is 1. The molecule has 1 aromatic rings. The first-order valence-electron chi connectivity index (χ1n) is 5.93. The third-order valence-corrected chi connectivity index (χ3v) is 2.94. The Labute approximate surface area is 112 Å². The van der Waals surface area contributed by atoms with Gasteiger partial charge in [-0.3, -0.25) is 9.69 Å². The van der Waals surface area contributed by atoms with Gasteiger partial charge in [0.25, 0.3) is 0 Å². The molecular formula is C14H19NO4.